The van der Waals surface area contributed by atoms with E-state index in [1.165, 1.54) is 0 Å². The summed E-state index contributed by atoms with van der Waals surface area (Å²) in [7, 11) is 0. The number of hydrogen-bond acceptors (Lipinski definition) is 5. The number of aryl methyl sites for hydroxylation is 3. The number of imidazole rings is 1. The summed E-state index contributed by atoms with van der Waals surface area (Å²) in [5.74, 6) is -0.470. The van der Waals surface area contributed by atoms with Crippen LogP contribution in [0.1, 0.15) is 54.5 Å². The maximum atomic E-state index is 13.6. The van der Waals surface area contributed by atoms with Crippen molar-refractivity contribution in [1.82, 2.24) is 24.1 Å². The Bertz CT molecular complexity index is 1280. The quantitative estimate of drug-likeness (QED) is 0.419. The van der Waals surface area contributed by atoms with Gasteiger partial charge in [-0.25, -0.2) is 14.5 Å². The molecule has 31 heavy (non-hydrogen) atoms. The first-order valence-electron chi connectivity index (χ1n) is 10.0. The van der Waals surface area contributed by atoms with Gasteiger partial charge in [-0.05, 0) is 51.8 Å². The molecule has 0 fully saturated rings. The monoisotopic (exact) mass is 427 g/mol. The molecule has 0 amide bonds. The molecular formula is C22H23F2N5O2. The molecule has 1 aromatic carbocycles. The Morgan fingerprint density at radius 2 is 1.90 bits per heavy atom. The number of para-hydroxylation sites is 2. The van der Waals surface area contributed by atoms with Gasteiger partial charge in [0.1, 0.15) is 0 Å². The number of esters is 1. The zero-order chi connectivity index (χ0) is 22.3. The van der Waals surface area contributed by atoms with E-state index in [1.54, 1.807) is 35.7 Å². The highest BCUT2D eigenvalue weighted by Crippen LogP contribution is 2.28. The van der Waals surface area contributed by atoms with Gasteiger partial charge in [-0.3, -0.25) is 9.36 Å². The maximum absolute atomic E-state index is 13.6. The molecule has 0 saturated heterocycles. The molecule has 0 saturated carbocycles. The second-order valence-corrected chi connectivity index (χ2v) is 7.56. The van der Waals surface area contributed by atoms with Crippen molar-refractivity contribution in [2.75, 3.05) is 0 Å². The van der Waals surface area contributed by atoms with Crippen LogP contribution in [0.4, 0.5) is 8.78 Å². The van der Waals surface area contributed by atoms with Crippen molar-refractivity contribution in [2.45, 2.75) is 53.2 Å². The molecule has 0 radical (unpaired) electrons. The van der Waals surface area contributed by atoms with Crippen LogP contribution >= 0.6 is 0 Å². The Morgan fingerprint density at radius 1 is 1.16 bits per heavy atom. The number of benzene rings is 1. The number of carbonyl (C=O) groups excluding carboxylic acids is 1. The molecule has 1 unspecified atom stereocenters. The second-order valence-electron chi connectivity index (χ2n) is 7.56. The maximum Gasteiger partial charge on any atom is 0.320 e. The number of hydrogen-bond donors (Lipinski definition) is 0. The van der Waals surface area contributed by atoms with Crippen LogP contribution < -0.4 is 0 Å². The minimum absolute atomic E-state index is 0.0204. The predicted octanol–water partition coefficient (Wildman–Crippen LogP) is 4.64. The Kier molecular flexibility index (Phi) is 5.43. The fraction of sp³-hybridized carbons (Fsp3) is 0.364. The van der Waals surface area contributed by atoms with E-state index in [4.69, 9.17) is 4.74 Å². The lowest BCUT2D eigenvalue weighted by Crippen LogP contribution is -2.15. The summed E-state index contributed by atoms with van der Waals surface area (Å²) in [5.41, 5.74) is 5.01. The van der Waals surface area contributed by atoms with Gasteiger partial charge in [0.25, 0.3) is 0 Å². The van der Waals surface area contributed by atoms with E-state index in [2.05, 4.69) is 15.1 Å². The molecule has 9 heteroatoms. The SMILES string of the molecule is Cc1cc2nc(C)c(CCC(=O)OC(C)c3nc4ccccc4n3C(F)F)c(C)n2n1. The van der Waals surface area contributed by atoms with Crippen LogP contribution in [0.3, 0.4) is 0 Å². The Labute approximate surface area is 177 Å². The molecule has 1 atom stereocenters. The molecule has 0 spiro atoms. The number of nitrogens with zero attached hydrogens (tertiary/aromatic N) is 5. The van der Waals surface area contributed by atoms with E-state index >= 15 is 0 Å². The summed E-state index contributed by atoms with van der Waals surface area (Å²) >= 11 is 0. The smallest absolute Gasteiger partial charge is 0.320 e. The van der Waals surface area contributed by atoms with Gasteiger partial charge in [0.2, 0.25) is 0 Å². The molecular weight excluding hydrogens is 404 g/mol. The average Bonchev–Trinajstić information content (AvgIpc) is 3.28. The van der Waals surface area contributed by atoms with Crippen molar-refractivity contribution < 1.29 is 18.3 Å². The summed E-state index contributed by atoms with van der Waals surface area (Å²) in [5, 5.41) is 4.43. The van der Waals surface area contributed by atoms with Gasteiger partial charge in [-0.1, -0.05) is 12.1 Å². The third kappa shape index (κ3) is 3.87. The lowest BCUT2D eigenvalue weighted by molar-refractivity contribution is -0.149. The first-order valence-corrected chi connectivity index (χ1v) is 10.0. The number of ether oxygens (including phenoxy) is 1. The average molecular weight is 427 g/mol. The third-order valence-electron chi connectivity index (χ3n) is 5.36. The van der Waals surface area contributed by atoms with Crippen molar-refractivity contribution >= 4 is 22.6 Å². The van der Waals surface area contributed by atoms with E-state index in [0.717, 1.165) is 32.9 Å². The van der Waals surface area contributed by atoms with Crippen molar-refractivity contribution in [1.29, 1.82) is 0 Å². The van der Waals surface area contributed by atoms with Gasteiger partial charge in [0.15, 0.2) is 17.6 Å². The third-order valence-corrected chi connectivity index (χ3v) is 5.36. The van der Waals surface area contributed by atoms with E-state index < -0.39 is 18.6 Å². The number of halogens is 2. The van der Waals surface area contributed by atoms with E-state index in [-0.39, 0.29) is 12.2 Å². The van der Waals surface area contributed by atoms with Gasteiger partial charge >= 0.3 is 12.5 Å². The first-order chi connectivity index (χ1) is 14.8. The fourth-order valence-corrected chi connectivity index (χ4v) is 3.89. The minimum Gasteiger partial charge on any atom is -0.454 e. The summed E-state index contributed by atoms with van der Waals surface area (Å²) in [6.45, 7) is 4.49. The van der Waals surface area contributed by atoms with Crippen LogP contribution in [-0.2, 0) is 16.0 Å². The number of alkyl halides is 2. The molecule has 3 aromatic heterocycles. The van der Waals surface area contributed by atoms with Crippen LogP contribution in [0.25, 0.3) is 16.7 Å². The Hall–Kier alpha value is -3.36. The number of aromatic nitrogens is 5. The van der Waals surface area contributed by atoms with Crippen molar-refractivity contribution in [3.63, 3.8) is 0 Å². The fourth-order valence-electron chi connectivity index (χ4n) is 3.89. The largest absolute Gasteiger partial charge is 0.454 e. The summed E-state index contributed by atoms with van der Waals surface area (Å²) in [6.07, 6.45) is -0.407. The lowest BCUT2D eigenvalue weighted by Gasteiger charge is -2.16. The van der Waals surface area contributed by atoms with E-state index in [0.29, 0.717) is 17.5 Å². The second kappa shape index (κ2) is 8.05. The van der Waals surface area contributed by atoms with Crippen molar-refractivity contribution in [3.8, 4) is 0 Å². The standard InChI is InChI=1S/C22H23F2N5O2/c1-12-11-19-25-13(2)16(14(3)29(19)27-12)9-10-20(30)31-15(4)21-26-17-7-5-6-8-18(17)28(21)22(23)24/h5-8,11,15,22H,9-10H2,1-4H3. The first kappa shape index (κ1) is 20.9. The van der Waals surface area contributed by atoms with E-state index in [9.17, 15) is 13.6 Å². The normalized spacial score (nSPS) is 12.7. The van der Waals surface area contributed by atoms with Gasteiger partial charge in [0.05, 0.1) is 16.7 Å². The van der Waals surface area contributed by atoms with Crippen LogP contribution in [0, 0.1) is 20.8 Å². The van der Waals surface area contributed by atoms with Crippen molar-refractivity contribution in [3.05, 3.63) is 58.8 Å². The Balaban J connectivity index is 1.50. The molecule has 7 nitrogen and oxygen atoms in total. The minimum atomic E-state index is -2.79. The summed E-state index contributed by atoms with van der Waals surface area (Å²) < 4.78 is 35.3. The van der Waals surface area contributed by atoms with E-state index in [1.807, 2.05) is 26.8 Å². The summed E-state index contributed by atoms with van der Waals surface area (Å²) in [4.78, 5) is 21.3. The van der Waals surface area contributed by atoms with Crippen molar-refractivity contribution in [2.24, 2.45) is 0 Å². The highest BCUT2D eigenvalue weighted by molar-refractivity contribution is 5.76. The topological polar surface area (TPSA) is 74.3 Å². The van der Waals surface area contributed by atoms with Gasteiger partial charge < -0.3 is 4.74 Å². The molecule has 0 N–H and O–H groups in total. The zero-order valence-electron chi connectivity index (χ0n) is 17.8. The van der Waals surface area contributed by atoms with Gasteiger partial charge in [0, 0.05) is 23.9 Å². The molecule has 162 valence electrons. The molecule has 0 aliphatic rings. The predicted molar refractivity (Wildman–Crippen MR) is 111 cm³/mol. The molecule has 0 aliphatic heterocycles. The Morgan fingerprint density at radius 3 is 2.65 bits per heavy atom. The van der Waals surface area contributed by atoms with Crippen LogP contribution in [0.15, 0.2) is 30.3 Å². The van der Waals surface area contributed by atoms with Crippen LogP contribution in [-0.4, -0.2) is 30.1 Å². The summed E-state index contributed by atoms with van der Waals surface area (Å²) in [6, 6.07) is 8.51. The highest BCUT2D eigenvalue weighted by atomic mass is 19.3. The van der Waals surface area contributed by atoms with Crippen LogP contribution in [0.2, 0.25) is 0 Å². The lowest BCUT2D eigenvalue weighted by atomic mass is 10.1. The van der Waals surface area contributed by atoms with Gasteiger partial charge in [-0.15, -0.1) is 0 Å². The van der Waals surface area contributed by atoms with Gasteiger partial charge in [-0.2, -0.15) is 13.9 Å². The molecule has 4 rings (SSSR count). The number of fused-ring (bicyclic) bond motifs is 2. The number of carbonyl (C=O) groups is 1. The molecule has 4 aromatic rings. The molecule has 3 heterocycles. The number of rotatable bonds is 6. The van der Waals surface area contributed by atoms with Crippen LogP contribution in [0.5, 0.6) is 0 Å². The molecule has 0 bridgehead atoms. The molecule has 0 aliphatic carbocycles. The highest BCUT2D eigenvalue weighted by Gasteiger charge is 2.24. The zero-order valence-corrected chi connectivity index (χ0v) is 17.8.